The van der Waals surface area contributed by atoms with Gasteiger partial charge in [-0.1, -0.05) is 6.07 Å². The molecule has 0 saturated carbocycles. The van der Waals surface area contributed by atoms with Crippen LogP contribution in [0, 0.1) is 6.92 Å². The van der Waals surface area contributed by atoms with Crippen molar-refractivity contribution < 1.29 is 18.3 Å². The predicted octanol–water partition coefficient (Wildman–Crippen LogP) is 4.13. The summed E-state index contributed by atoms with van der Waals surface area (Å²) in [4.78, 5) is 17.2. The average Bonchev–Trinajstić information content (AvgIpc) is 2.82. The number of anilines is 4. The lowest BCUT2D eigenvalue weighted by Crippen LogP contribution is -2.44. The number of hydrogen-bond acceptors (Lipinski definition) is 7. The summed E-state index contributed by atoms with van der Waals surface area (Å²) >= 11 is 0. The van der Waals surface area contributed by atoms with Crippen molar-refractivity contribution in [2.45, 2.75) is 13.5 Å². The number of amides is 1. The van der Waals surface area contributed by atoms with Gasteiger partial charge in [-0.25, -0.2) is 0 Å². The second-order valence-corrected chi connectivity index (χ2v) is 8.07. The molecular weight excluding hydrogens is 442 g/mol. The van der Waals surface area contributed by atoms with E-state index in [2.05, 4.69) is 30.6 Å². The SMILES string of the molecule is Cc1ccc(Nc2cccc(C(=O)Nc3ccc(N4CCN(C)CC4)cc3OC(F)F)c2)nn1. The Morgan fingerprint density at radius 1 is 1.03 bits per heavy atom. The third kappa shape index (κ3) is 5.96. The Kier molecular flexibility index (Phi) is 7.17. The van der Waals surface area contributed by atoms with E-state index in [1.807, 2.05) is 20.0 Å². The largest absolute Gasteiger partial charge is 0.433 e. The highest BCUT2D eigenvalue weighted by atomic mass is 19.3. The standard InChI is InChI=1S/C24H26F2N6O2/c1-16-6-9-22(30-29-16)27-18-5-3-4-17(14-18)23(33)28-20-8-7-19(15-21(20)34-24(25)26)32-12-10-31(2)11-13-32/h3-9,14-15,24H,10-13H2,1-2H3,(H,27,30)(H,28,33). The molecule has 1 amide bonds. The van der Waals surface area contributed by atoms with E-state index in [1.165, 1.54) is 0 Å². The zero-order valence-electron chi connectivity index (χ0n) is 19.0. The molecule has 10 heteroatoms. The molecule has 0 spiro atoms. The van der Waals surface area contributed by atoms with Crippen LogP contribution in [0.1, 0.15) is 16.1 Å². The number of rotatable bonds is 7. The fraction of sp³-hybridized carbons (Fsp3) is 0.292. The minimum Gasteiger partial charge on any atom is -0.433 e. The molecule has 1 aliphatic heterocycles. The third-order valence-electron chi connectivity index (χ3n) is 5.49. The van der Waals surface area contributed by atoms with Gasteiger partial charge in [0.2, 0.25) is 0 Å². The second kappa shape index (κ2) is 10.4. The minimum absolute atomic E-state index is 0.0796. The van der Waals surface area contributed by atoms with Crippen molar-refractivity contribution in [3.63, 3.8) is 0 Å². The molecule has 1 fully saturated rings. The number of aryl methyl sites for hydroxylation is 1. The van der Waals surface area contributed by atoms with Gasteiger partial charge >= 0.3 is 6.61 Å². The molecule has 1 aromatic heterocycles. The van der Waals surface area contributed by atoms with Gasteiger partial charge in [0, 0.05) is 49.2 Å². The average molecular weight is 469 g/mol. The monoisotopic (exact) mass is 468 g/mol. The van der Waals surface area contributed by atoms with Crippen molar-refractivity contribution in [3.8, 4) is 5.75 Å². The smallest absolute Gasteiger partial charge is 0.387 e. The van der Waals surface area contributed by atoms with E-state index in [4.69, 9.17) is 4.74 Å². The number of carbonyl (C=O) groups is 1. The number of alkyl halides is 2. The molecule has 2 aromatic carbocycles. The number of carbonyl (C=O) groups excluding carboxylic acids is 1. The van der Waals surface area contributed by atoms with Crippen molar-refractivity contribution in [3.05, 3.63) is 65.9 Å². The van der Waals surface area contributed by atoms with Gasteiger partial charge < -0.3 is 25.2 Å². The molecule has 0 bridgehead atoms. The Morgan fingerprint density at radius 3 is 2.53 bits per heavy atom. The fourth-order valence-corrected chi connectivity index (χ4v) is 3.62. The first-order valence-electron chi connectivity index (χ1n) is 10.9. The summed E-state index contributed by atoms with van der Waals surface area (Å²) in [7, 11) is 2.04. The quantitative estimate of drug-likeness (QED) is 0.539. The van der Waals surface area contributed by atoms with Crippen LogP contribution >= 0.6 is 0 Å². The second-order valence-electron chi connectivity index (χ2n) is 8.07. The van der Waals surface area contributed by atoms with Crippen LogP contribution in [0.5, 0.6) is 5.75 Å². The van der Waals surface area contributed by atoms with Crippen LogP contribution in [-0.4, -0.2) is 60.8 Å². The highest BCUT2D eigenvalue weighted by Crippen LogP contribution is 2.32. The first-order chi connectivity index (χ1) is 16.4. The van der Waals surface area contributed by atoms with E-state index in [9.17, 15) is 13.6 Å². The van der Waals surface area contributed by atoms with Gasteiger partial charge in [-0.2, -0.15) is 13.9 Å². The van der Waals surface area contributed by atoms with Crippen LogP contribution in [0.4, 0.5) is 31.7 Å². The number of likely N-dealkylation sites (N-methyl/N-ethyl adjacent to an activating group) is 1. The topological polar surface area (TPSA) is 82.6 Å². The van der Waals surface area contributed by atoms with Gasteiger partial charge in [-0.15, -0.1) is 5.10 Å². The number of benzene rings is 2. The lowest BCUT2D eigenvalue weighted by Gasteiger charge is -2.34. The number of nitrogens with zero attached hydrogens (tertiary/aromatic N) is 4. The maximum Gasteiger partial charge on any atom is 0.387 e. The maximum absolute atomic E-state index is 13.1. The van der Waals surface area contributed by atoms with Gasteiger partial charge in [0.25, 0.3) is 5.91 Å². The van der Waals surface area contributed by atoms with Crippen LogP contribution in [0.15, 0.2) is 54.6 Å². The summed E-state index contributed by atoms with van der Waals surface area (Å²) in [6, 6.07) is 15.3. The van der Waals surface area contributed by atoms with Gasteiger partial charge in [0.1, 0.15) is 0 Å². The molecule has 0 aliphatic carbocycles. The minimum atomic E-state index is -3.01. The molecule has 34 heavy (non-hydrogen) atoms. The number of hydrogen-bond donors (Lipinski definition) is 2. The lowest BCUT2D eigenvalue weighted by molar-refractivity contribution is -0.0493. The zero-order chi connectivity index (χ0) is 24.1. The summed E-state index contributed by atoms with van der Waals surface area (Å²) in [5, 5.41) is 13.8. The van der Waals surface area contributed by atoms with E-state index in [0.29, 0.717) is 17.1 Å². The summed E-state index contributed by atoms with van der Waals surface area (Å²) < 4.78 is 30.9. The molecule has 1 aliphatic rings. The number of nitrogens with one attached hydrogen (secondary N) is 2. The Labute approximate surface area is 196 Å². The van der Waals surface area contributed by atoms with Crippen LogP contribution < -0.4 is 20.3 Å². The van der Waals surface area contributed by atoms with E-state index in [0.717, 1.165) is 37.6 Å². The zero-order valence-corrected chi connectivity index (χ0v) is 19.0. The first-order valence-corrected chi connectivity index (χ1v) is 10.9. The lowest BCUT2D eigenvalue weighted by atomic mass is 10.1. The van der Waals surface area contributed by atoms with Gasteiger partial charge in [-0.05, 0) is 56.4 Å². The normalized spacial score (nSPS) is 14.2. The number of halogens is 2. The van der Waals surface area contributed by atoms with E-state index in [1.54, 1.807) is 48.5 Å². The van der Waals surface area contributed by atoms with Gasteiger partial charge in [0.15, 0.2) is 11.6 Å². The summed E-state index contributed by atoms with van der Waals surface area (Å²) in [6.45, 7) is 2.14. The van der Waals surface area contributed by atoms with Crippen molar-refractivity contribution >= 4 is 28.8 Å². The molecule has 4 rings (SSSR count). The summed E-state index contributed by atoms with van der Waals surface area (Å²) in [5.74, 6) is 0.00404. The third-order valence-corrected chi connectivity index (χ3v) is 5.49. The first kappa shape index (κ1) is 23.4. The Morgan fingerprint density at radius 2 is 1.82 bits per heavy atom. The summed E-state index contributed by atoms with van der Waals surface area (Å²) in [5.41, 5.74) is 2.72. The van der Waals surface area contributed by atoms with Gasteiger partial charge in [0.05, 0.1) is 11.4 Å². The van der Waals surface area contributed by atoms with E-state index >= 15 is 0 Å². The molecule has 0 atom stereocenters. The molecule has 2 N–H and O–H groups in total. The fourth-order valence-electron chi connectivity index (χ4n) is 3.62. The highest BCUT2D eigenvalue weighted by molar-refractivity contribution is 6.05. The van der Waals surface area contributed by atoms with Crippen LogP contribution in [0.3, 0.4) is 0 Å². The number of piperazine rings is 1. The Balaban J connectivity index is 1.50. The van der Waals surface area contributed by atoms with Crippen molar-refractivity contribution in [1.82, 2.24) is 15.1 Å². The molecule has 0 unspecified atom stereocenters. The molecule has 8 nitrogen and oxygen atoms in total. The molecule has 0 radical (unpaired) electrons. The number of ether oxygens (including phenoxy) is 1. The summed E-state index contributed by atoms with van der Waals surface area (Å²) in [6.07, 6.45) is 0. The molecule has 178 valence electrons. The maximum atomic E-state index is 13.1. The van der Waals surface area contributed by atoms with E-state index in [-0.39, 0.29) is 11.4 Å². The number of aromatic nitrogens is 2. The Hall–Kier alpha value is -3.79. The van der Waals surface area contributed by atoms with Crippen molar-refractivity contribution in [1.29, 1.82) is 0 Å². The highest BCUT2D eigenvalue weighted by Gasteiger charge is 2.19. The van der Waals surface area contributed by atoms with Gasteiger partial charge in [-0.3, -0.25) is 4.79 Å². The van der Waals surface area contributed by atoms with Crippen LogP contribution in [-0.2, 0) is 0 Å². The van der Waals surface area contributed by atoms with Crippen LogP contribution in [0.25, 0.3) is 0 Å². The molecular formula is C24H26F2N6O2. The molecule has 2 heterocycles. The van der Waals surface area contributed by atoms with Crippen molar-refractivity contribution in [2.75, 3.05) is 48.8 Å². The van der Waals surface area contributed by atoms with Crippen LogP contribution in [0.2, 0.25) is 0 Å². The molecule has 3 aromatic rings. The molecule has 1 saturated heterocycles. The Bertz CT molecular complexity index is 1130. The van der Waals surface area contributed by atoms with E-state index < -0.39 is 12.5 Å². The predicted molar refractivity (Wildman–Crippen MR) is 127 cm³/mol. The van der Waals surface area contributed by atoms with Crippen molar-refractivity contribution in [2.24, 2.45) is 0 Å².